The molecule has 0 fully saturated rings. The predicted octanol–water partition coefficient (Wildman–Crippen LogP) is 2.60. The van der Waals surface area contributed by atoms with Crippen molar-refractivity contribution in [2.45, 2.75) is 24.2 Å². The van der Waals surface area contributed by atoms with E-state index in [2.05, 4.69) is 25.9 Å². The first kappa shape index (κ1) is 19.3. The van der Waals surface area contributed by atoms with Crippen molar-refractivity contribution in [1.29, 1.82) is 5.26 Å². The number of ether oxygens (including phenoxy) is 1. The summed E-state index contributed by atoms with van der Waals surface area (Å²) < 4.78 is 34.5. The molecule has 0 aliphatic rings. The molecule has 0 aliphatic heterocycles. The highest BCUT2D eigenvalue weighted by Gasteiger charge is 2.26. The molecular formula is C18H18N6O3S. The van der Waals surface area contributed by atoms with E-state index in [-0.39, 0.29) is 16.7 Å². The molecule has 0 amide bonds. The van der Waals surface area contributed by atoms with Gasteiger partial charge in [0.2, 0.25) is 11.8 Å². The zero-order chi connectivity index (χ0) is 20.4. The summed E-state index contributed by atoms with van der Waals surface area (Å²) in [5, 5.41) is 13.3. The first-order chi connectivity index (χ1) is 13.2. The molecule has 0 saturated heterocycles. The van der Waals surface area contributed by atoms with E-state index in [4.69, 9.17) is 4.74 Å². The Kier molecular flexibility index (Phi) is 5.02. The zero-order valence-electron chi connectivity index (χ0n) is 15.5. The Balaban J connectivity index is 2.01. The quantitative estimate of drug-likeness (QED) is 0.677. The third-order valence-electron chi connectivity index (χ3n) is 3.81. The minimum absolute atomic E-state index is 0.0333. The van der Waals surface area contributed by atoms with Gasteiger partial charge in [-0.3, -0.25) is 4.68 Å². The first-order valence-corrected chi connectivity index (χ1v) is 9.73. The summed E-state index contributed by atoms with van der Waals surface area (Å²) >= 11 is 0. The zero-order valence-corrected chi connectivity index (χ0v) is 16.3. The number of nitrogens with one attached hydrogen (secondary N) is 1. The Hall–Kier alpha value is -3.45. The Morgan fingerprint density at radius 3 is 2.54 bits per heavy atom. The van der Waals surface area contributed by atoms with Gasteiger partial charge in [0.25, 0.3) is 10.0 Å². The van der Waals surface area contributed by atoms with E-state index >= 15 is 0 Å². The van der Waals surface area contributed by atoms with Crippen molar-refractivity contribution in [2.24, 2.45) is 7.05 Å². The van der Waals surface area contributed by atoms with Crippen LogP contribution in [-0.4, -0.2) is 28.2 Å². The maximum atomic E-state index is 12.6. The molecule has 1 aromatic carbocycles. The number of hydrogen-bond donors (Lipinski definition) is 1. The molecule has 0 atom stereocenters. The van der Waals surface area contributed by atoms with Gasteiger partial charge in [0.05, 0.1) is 23.4 Å². The topological polar surface area (TPSA) is 123 Å². The van der Waals surface area contributed by atoms with Gasteiger partial charge < -0.3 is 4.74 Å². The summed E-state index contributed by atoms with van der Waals surface area (Å²) in [6.07, 6.45) is 2.57. The third kappa shape index (κ3) is 4.27. The molecule has 0 saturated carbocycles. The molecular weight excluding hydrogens is 380 g/mol. The van der Waals surface area contributed by atoms with Gasteiger partial charge in [-0.2, -0.15) is 15.3 Å². The predicted molar refractivity (Wildman–Crippen MR) is 101 cm³/mol. The molecule has 0 unspecified atom stereocenters. The highest BCUT2D eigenvalue weighted by molar-refractivity contribution is 7.92. The van der Waals surface area contributed by atoms with Crippen LogP contribution in [0.4, 0.5) is 5.95 Å². The maximum Gasteiger partial charge on any atom is 0.267 e. The summed E-state index contributed by atoms with van der Waals surface area (Å²) in [5.74, 6) is 0.432. The van der Waals surface area contributed by atoms with Crippen LogP contribution >= 0.6 is 0 Å². The van der Waals surface area contributed by atoms with Gasteiger partial charge >= 0.3 is 0 Å². The number of aromatic nitrogens is 4. The molecule has 9 nitrogen and oxygen atoms in total. The number of benzene rings is 1. The van der Waals surface area contributed by atoms with Crippen LogP contribution in [0.15, 0.2) is 53.7 Å². The lowest BCUT2D eigenvalue weighted by molar-refractivity contribution is 0.459. The van der Waals surface area contributed by atoms with Gasteiger partial charge in [-0.15, -0.1) is 0 Å². The molecule has 2 heterocycles. The lowest BCUT2D eigenvalue weighted by Crippen LogP contribution is -2.20. The fraction of sp³-hybridized carbons (Fsp3) is 0.222. The fourth-order valence-electron chi connectivity index (χ4n) is 2.23. The van der Waals surface area contributed by atoms with E-state index in [1.165, 1.54) is 23.1 Å². The van der Waals surface area contributed by atoms with Gasteiger partial charge in [-0.1, -0.05) is 18.2 Å². The van der Waals surface area contributed by atoms with Crippen molar-refractivity contribution < 1.29 is 13.2 Å². The van der Waals surface area contributed by atoms with Crippen LogP contribution < -0.4 is 9.46 Å². The third-order valence-corrected chi connectivity index (χ3v) is 5.09. The Morgan fingerprint density at radius 1 is 1.21 bits per heavy atom. The molecule has 0 spiro atoms. The number of nitriles is 1. The van der Waals surface area contributed by atoms with Crippen molar-refractivity contribution in [3.63, 3.8) is 0 Å². The number of anilines is 1. The number of para-hydroxylation sites is 1. The molecule has 1 N–H and O–H groups in total. The Bertz CT molecular complexity index is 1130. The van der Waals surface area contributed by atoms with Crippen LogP contribution in [0.3, 0.4) is 0 Å². The molecule has 3 rings (SSSR count). The molecule has 0 radical (unpaired) electrons. The van der Waals surface area contributed by atoms with Gasteiger partial charge in [-0.25, -0.2) is 18.1 Å². The number of rotatable bonds is 6. The number of sulfonamides is 1. The van der Waals surface area contributed by atoms with E-state index in [1.54, 1.807) is 45.2 Å². The molecule has 10 heteroatoms. The van der Waals surface area contributed by atoms with Crippen LogP contribution in [0.25, 0.3) is 0 Å². The molecule has 0 bridgehead atoms. The molecule has 28 heavy (non-hydrogen) atoms. The van der Waals surface area contributed by atoms with Crippen LogP contribution in [0.5, 0.6) is 11.6 Å². The fourth-order valence-corrected chi connectivity index (χ4v) is 3.15. The second-order valence-corrected chi connectivity index (χ2v) is 8.20. The average molecular weight is 398 g/mol. The molecule has 0 aliphatic carbocycles. The first-order valence-electron chi connectivity index (χ1n) is 8.25. The lowest BCUT2D eigenvalue weighted by atomic mass is 9.91. The molecule has 2 aromatic heterocycles. The van der Waals surface area contributed by atoms with Crippen molar-refractivity contribution in [3.05, 3.63) is 54.5 Å². The van der Waals surface area contributed by atoms with E-state index in [1.807, 2.05) is 6.07 Å². The highest BCUT2D eigenvalue weighted by Crippen LogP contribution is 2.28. The van der Waals surface area contributed by atoms with E-state index < -0.39 is 15.4 Å². The van der Waals surface area contributed by atoms with Gasteiger partial charge in [0, 0.05) is 19.3 Å². The van der Waals surface area contributed by atoms with Crippen molar-refractivity contribution in [3.8, 4) is 17.7 Å². The summed E-state index contributed by atoms with van der Waals surface area (Å²) in [7, 11) is -2.34. The normalized spacial score (nSPS) is 11.6. The summed E-state index contributed by atoms with van der Waals surface area (Å²) in [5.41, 5.74) is -0.661. The Labute approximate surface area is 162 Å². The van der Waals surface area contributed by atoms with Gasteiger partial charge in [-0.05, 0) is 26.0 Å². The van der Waals surface area contributed by atoms with Crippen molar-refractivity contribution in [1.82, 2.24) is 19.7 Å². The van der Waals surface area contributed by atoms with Crippen LogP contribution in [-0.2, 0) is 22.5 Å². The molecule has 144 valence electrons. The second kappa shape index (κ2) is 7.28. The smallest absolute Gasteiger partial charge is 0.267 e. The van der Waals surface area contributed by atoms with Gasteiger partial charge in [0.15, 0.2) is 0 Å². The SMILES string of the molecule is Cn1cc(S(=O)(=O)Nc2nc(Oc3ccccc3)cc(C(C)(C)C#N)n2)cn1. The summed E-state index contributed by atoms with van der Waals surface area (Å²) in [4.78, 5) is 8.30. The lowest BCUT2D eigenvalue weighted by Gasteiger charge is -2.17. The largest absolute Gasteiger partial charge is 0.439 e. The minimum atomic E-state index is -3.95. The van der Waals surface area contributed by atoms with Crippen molar-refractivity contribution >= 4 is 16.0 Å². The highest BCUT2D eigenvalue weighted by atomic mass is 32.2. The second-order valence-electron chi connectivity index (χ2n) is 6.52. The summed E-state index contributed by atoms with van der Waals surface area (Å²) in [6, 6.07) is 12.5. The number of aryl methyl sites for hydroxylation is 1. The van der Waals surface area contributed by atoms with Gasteiger partial charge in [0.1, 0.15) is 10.6 Å². The average Bonchev–Trinajstić information content (AvgIpc) is 3.09. The minimum Gasteiger partial charge on any atom is -0.439 e. The Morgan fingerprint density at radius 2 is 1.93 bits per heavy atom. The van der Waals surface area contributed by atoms with Crippen LogP contribution in [0.1, 0.15) is 19.5 Å². The standard InChI is InChI=1S/C18H18N6O3S/c1-18(2,12-19)15-9-16(27-13-7-5-4-6-8-13)22-17(21-15)23-28(25,26)14-10-20-24(3)11-14/h4-11H,1-3H3,(H,21,22,23). The van der Waals surface area contributed by atoms with Crippen LogP contribution in [0, 0.1) is 11.3 Å². The van der Waals surface area contributed by atoms with Crippen LogP contribution in [0.2, 0.25) is 0 Å². The number of nitrogens with zero attached hydrogens (tertiary/aromatic N) is 5. The number of hydrogen-bond acceptors (Lipinski definition) is 7. The van der Waals surface area contributed by atoms with E-state index in [0.717, 1.165) is 0 Å². The summed E-state index contributed by atoms with van der Waals surface area (Å²) in [6.45, 7) is 3.34. The van der Waals surface area contributed by atoms with Crippen molar-refractivity contribution in [2.75, 3.05) is 4.72 Å². The maximum absolute atomic E-state index is 12.6. The van der Waals surface area contributed by atoms with E-state index in [9.17, 15) is 13.7 Å². The monoisotopic (exact) mass is 398 g/mol. The molecule has 3 aromatic rings. The van der Waals surface area contributed by atoms with E-state index in [0.29, 0.717) is 11.4 Å².